The van der Waals surface area contributed by atoms with Crippen LogP contribution < -0.4 is 5.32 Å². The van der Waals surface area contributed by atoms with Gasteiger partial charge in [-0.15, -0.1) is 0 Å². The summed E-state index contributed by atoms with van der Waals surface area (Å²) in [7, 11) is 1.25. The molecular weight excluding hydrogens is 427 g/mol. The molecule has 0 radical (unpaired) electrons. The van der Waals surface area contributed by atoms with Gasteiger partial charge in [-0.25, -0.2) is 9.18 Å². The van der Waals surface area contributed by atoms with E-state index in [0.29, 0.717) is 17.0 Å². The van der Waals surface area contributed by atoms with Gasteiger partial charge in [-0.2, -0.15) is 0 Å². The summed E-state index contributed by atoms with van der Waals surface area (Å²) in [5, 5.41) is 2.76. The monoisotopic (exact) mass is 460 g/mol. The molecule has 33 heavy (non-hydrogen) atoms. The van der Waals surface area contributed by atoms with Gasteiger partial charge in [0, 0.05) is 22.9 Å². The number of aliphatic imine (C=N–C) groups is 1. The number of carbonyl (C=O) groups excluding carboxylic acids is 3. The Morgan fingerprint density at radius 3 is 2.30 bits per heavy atom. The molecule has 1 aliphatic rings. The standard InChI is InChI=1S/C25H33FN2O5/c1-13(2)21(24(31)33-25(5,6)7)28-22(29)18-14(3)27-15(4)19(23(30)32-8)20(18)16-10-9-11-17(26)12-16/h9-13,19-21H,1-8H3,(H,28,29). The number of hydrogen-bond donors (Lipinski definition) is 1. The van der Waals surface area contributed by atoms with Crippen molar-refractivity contribution in [1.82, 2.24) is 5.32 Å². The van der Waals surface area contributed by atoms with E-state index < -0.39 is 47.1 Å². The van der Waals surface area contributed by atoms with Gasteiger partial charge >= 0.3 is 11.9 Å². The highest BCUT2D eigenvalue weighted by molar-refractivity contribution is 6.08. The maximum Gasteiger partial charge on any atom is 0.329 e. The van der Waals surface area contributed by atoms with E-state index in [1.807, 2.05) is 0 Å². The summed E-state index contributed by atoms with van der Waals surface area (Å²) < 4.78 is 24.6. The summed E-state index contributed by atoms with van der Waals surface area (Å²) in [6.07, 6.45) is 0. The van der Waals surface area contributed by atoms with Crippen molar-refractivity contribution in [1.29, 1.82) is 0 Å². The second-order valence-electron chi connectivity index (χ2n) is 9.51. The summed E-state index contributed by atoms with van der Waals surface area (Å²) in [5.41, 5.74) is 0.721. The summed E-state index contributed by atoms with van der Waals surface area (Å²) in [4.78, 5) is 43.4. The lowest BCUT2D eigenvalue weighted by Gasteiger charge is -2.33. The van der Waals surface area contributed by atoms with Crippen molar-refractivity contribution in [2.24, 2.45) is 16.8 Å². The van der Waals surface area contributed by atoms with E-state index in [1.165, 1.54) is 25.3 Å². The zero-order valence-corrected chi connectivity index (χ0v) is 20.5. The molecule has 0 aromatic heterocycles. The van der Waals surface area contributed by atoms with E-state index in [1.54, 1.807) is 54.5 Å². The molecule has 0 saturated heterocycles. The number of nitrogens with one attached hydrogen (secondary N) is 1. The summed E-state index contributed by atoms with van der Waals surface area (Å²) >= 11 is 0. The van der Waals surface area contributed by atoms with Crippen molar-refractivity contribution in [3.8, 4) is 0 Å². The normalized spacial score (nSPS) is 19.6. The van der Waals surface area contributed by atoms with Gasteiger partial charge in [-0.1, -0.05) is 26.0 Å². The first-order chi connectivity index (χ1) is 15.3. The second-order valence-corrected chi connectivity index (χ2v) is 9.51. The van der Waals surface area contributed by atoms with Gasteiger partial charge in [0.15, 0.2) is 0 Å². The van der Waals surface area contributed by atoms with Crippen molar-refractivity contribution in [3.05, 3.63) is 46.9 Å². The number of methoxy groups -OCH3 is 1. The summed E-state index contributed by atoms with van der Waals surface area (Å²) in [5.74, 6) is -4.24. The Kier molecular flexibility index (Phi) is 8.16. The van der Waals surface area contributed by atoms with Crippen molar-refractivity contribution in [2.75, 3.05) is 7.11 Å². The average molecular weight is 461 g/mol. The first kappa shape index (κ1) is 26.2. The lowest BCUT2D eigenvalue weighted by Crippen LogP contribution is -2.49. The number of amides is 1. The molecule has 0 bridgehead atoms. The highest BCUT2D eigenvalue weighted by atomic mass is 19.1. The number of hydrogen-bond acceptors (Lipinski definition) is 6. The largest absolute Gasteiger partial charge is 0.468 e. The molecule has 7 nitrogen and oxygen atoms in total. The molecule has 1 amide bonds. The minimum absolute atomic E-state index is 0.177. The quantitative estimate of drug-likeness (QED) is 0.649. The molecule has 1 aromatic rings. The molecule has 180 valence electrons. The third kappa shape index (κ3) is 6.27. The van der Waals surface area contributed by atoms with Crippen molar-refractivity contribution in [3.63, 3.8) is 0 Å². The Bertz CT molecular complexity index is 991. The number of nitrogens with zero attached hydrogens (tertiary/aromatic N) is 1. The molecule has 0 aliphatic carbocycles. The van der Waals surface area contributed by atoms with Gasteiger partial charge in [-0.3, -0.25) is 14.6 Å². The lowest BCUT2D eigenvalue weighted by atomic mass is 9.75. The molecule has 3 unspecified atom stereocenters. The highest BCUT2D eigenvalue weighted by Crippen LogP contribution is 2.40. The smallest absolute Gasteiger partial charge is 0.329 e. The van der Waals surface area contributed by atoms with Crippen LogP contribution in [0.15, 0.2) is 40.5 Å². The van der Waals surface area contributed by atoms with Crippen LogP contribution in [-0.2, 0) is 23.9 Å². The zero-order valence-electron chi connectivity index (χ0n) is 20.5. The van der Waals surface area contributed by atoms with Crippen LogP contribution in [0.5, 0.6) is 0 Å². The third-order valence-corrected chi connectivity index (χ3v) is 5.35. The number of rotatable bonds is 6. The zero-order chi connectivity index (χ0) is 25.1. The van der Waals surface area contributed by atoms with Crippen molar-refractivity contribution >= 4 is 23.6 Å². The molecule has 1 N–H and O–H groups in total. The molecule has 0 fully saturated rings. The number of esters is 2. The van der Waals surface area contributed by atoms with Crippen molar-refractivity contribution in [2.45, 2.75) is 66.0 Å². The van der Waals surface area contributed by atoms with E-state index in [2.05, 4.69) is 10.3 Å². The SMILES string of the molecule is COC(=O)C1C(C)=NC(C)=C(C(=O)NC(C(=O)OC(C)(C)C)C(C)C)C1c1cccc(F)c1. The van der Waals surface area contributed by atoms with Gasteiger partial charge < -0.3 is 14.8 Å². The molecule has 1 aromatic carbocycles. The topological polar surface area (TPSA) is 94.1 Å². The molecule has 1 heterocycles. The maximum atomic E-state index is 14.1. The minimum Gasteiger partial charge on any atom is -0.468 e. The van der Waals surface area contributed by atoms with Gasteiger partial charge in [0.2, 0.25) is 5.91 Å². The fourth-order valence-electron chi connectivity index (χ4n) is 3.91. The highest BCUT2D eigenvalue weighted by Gasteiger charge is 2.42. The fraction of sp³-hybridized carbons (Fsp3) is 0.520. The number of ether oxygens (including phenoxy) is 2. The molecule has 0 spiro atoms. The predicted octanol–water partition coefficient (Wildman–Crippen LogP) is 3.93. The van der Waals surface area contributed by atoms with E-state index in [-0.39, 0.29) is 11.5 Å². The Morgan fingerprint density at radius 1 is 1.15 bits per heavy atom. The Balaban J connectivity index is 2.54. The number of halogens is 1. The Morgan fingerprint density at radius 2 is 1.79 bits per heavy atom. The van der Waals surface area contributed by atoms with Gasteiger partial charge in [0.1, 0.15) is 23.4 Å². The number of carbonyl (C=O) groups is 3. The fourth-order valence-corrected chi connectivity index (χ4v) is 3.91. The average Bonchev–Trinajstić information content (AvgIpc) is 2.69. The molecular formula is C25H33FN2O5. The predicted molar refractivity (Wildman–Crippen MR) is 123 cm³/mol. The summed E-state index contributed by atoms with van der Waals surface area (Å²) in [6, 6.07) is 4.81. The minimum atomic E-state index is -0.922. The van der Waals surface area contributed by atoms with Gasteiger partial charge in [0.05, 0.1) is 7.11 Å². The second kappa shape index (κ2) is 10.3. The van der Waals surface area contributed by atoms with Crippen LogP contribution >= 0.6 is 0 Å². The van der Waals surface area contributed by atoms with Gasteiger partial charge in [0.25, 0.3) is 0 Å². The molecule has 2 rings (SSSR count). The molecule has 1 aliphatic heterocycles. The first-order valence-corrected chi connectivity index (χ1v) is 10.9. The number of benzene rings is 1. The van der Waals surface area contributed by atoms with Crippen LogP contribution in [0.2, 0.25) is 0 Å². The van der Waals surface area contributed by atoms with Crippen LogP contribution in [0.25, 0.3) is 0 Å². The van der Waals surface area contributed by atoms with Crippen LogP contribution in [0.3, 0.4) is 0 Å². The van der Waals surface area contributed by atoms with E-state index in [9.17, 15) is 18.8 Å². The summed E-state index contributed by atoms with van der Waals surface area (Å²) in [6.45, 7) is 12.1. The van der Waals surface area contributed by atoms with Crippen LogP contribution in [0.1, 0.15) is 59.9 Å². The first-order valence-electron chi connectivity index (χ1n) is 10.9. The van der Waals surface area contributed by atoms with E-state index in [0.717, 1.165) is 0 Å². The van der Waals surface area contributed by atoms with Crippen LogP contribution in [0.4, 0.5) is 4.39 Å². The molecule has 3 atom stereocenters. The number of allylic oxidation sites excluding steroid dienone is 1. The van der Waals surface area contributed by atoms with Gasteiger partial charge in [-0.05, 0) is 58.2 Å². The van der Waals surface area contributed by atoms with Crippen molar-refractivity contribution < 1.29 is 28.2 Å². The Hall–Kier alpha value is -3.03. The van der Waals surface area contributed by atoms with E-state index in [4.69, 9.17) is 9.47 Å². The van der Waals surface area contributed by atoms with Crippen LogP contribution in [0, 0.1) is 17.7 Å². The lowest BCUT2D eigenvalue weighted by molar-refractivity contribution is -0.159. The molecule has 0 saturated carbocycles. The molecule has 8 heteroatoms. The Labute approximate surface area is 194 Å². The maximum absolute atomic E-state index is 14.1. The third-order valence-electron chi connectivity index (χ3n) is 5.35. The van der Waals surface area contributed by atoms with E-state index >= 15 is 0 Å². The van der Waals surface area contributed by atoms with Crippen LogP contribution in [-0.4, -0.2) is 42.3 Å².